The van der Waals surface area contributed by atoms with Crippen molar-refractivity contribution in [3.05, 3.63) is 48.0 Å². The Kier molecular flexibility index (Phi) is 5.75. The van der Waals surface area contributed by atoms with E-state index in [2.05, 4.69) is 52.6 Å². The Labute approximate surface area is 124 Å². The van der Waals surface area contributed by atoms with Crippen LogP contribution in [0.5, 0.6) is 0 Å². The Morgan fingerprint density at radius 2 is 1.80 bits per heavy atom. The summed E-state index contributed by atoms with van der Waals surface area (Å²) in [5.74, 6) is 0.0651. The molecule has 0 bridgehead atoms. The van der Waals surface area contributed by atoms with E-state index in [4.69, 9.17) is 4.43 Å². The molecule has 1 rings (SSSR count). The minimum Gasteiger partial charge on any atom is -0.416 e. The molecule has 0 aliphatic rings. The summed E-state index contributed by atoms with van der Waals surface area (Å²) in [4.78, 5) is 0. The minimum atomic E-state index is -1.78. The van der Waals surface area contributed by atoms with Gasteiger partial charge in [0.25, 0.3) is 0 Å². The lowest BCUT2D eigenvalue weighted by Gasteiger charge is -2.37. The van der Waals surface area contributed by atoms with E-state index in [0.717, 1.165) is 11.1 Å². The van der Waals surface area contributed by atoms with Gasteiger partial charge in [0.2, 0.25) is 0 Å². The normalized spacial score (nSPS) is 14.1. The van der Waals surface area contributed by atoms with E-state index in [0.29, 0.717) is 6.61 Å². The summed E-state index contributed by atoms with van der Waals surface area (Å²) in [7, 11) is -1.78. The number of hydrogen-bond acceptors (Lipinski definition) is 2. The third-order valence-corrected chi connectivity index (χ3v) is 8.82. The van der Waals surface area contributed by atoms with Gasteiger partial charge >= 0.3 is 0 Å². The predicted molar refractivity (Wildman–Crippen MR) is 88.6 cm³/mol. The van der Waals surface area contributed by atoms with Crippen molar-refractivity contribution < 1.29 is 9.53 Å². The summed E-state index contributed by atoms with van der Waals surface area (Å²) in [5, 5.41) is 9.60. The maximum absolute atomic E-state index is 9.41. The van der Waals surface area contributed by atoms with Crippen LogP contribution in [0.2, 0.25) is 18.1 Å². The zero-order valence-electron chi connectivity index (χ0n) is 13.4. The molecule has 0 heterocycles. The van der Waals surface area contributed by atoms with Gasteiger partial charge in [-0.05, 0) is 29.3 Å². The van der Waals surface area contributed by atoms with Crippen molar-refractivity contribution >= 4 is 8.32 Å². The zero-order chi connectivity index (χ0) is 15.4. The first kappa shape index (κ1) is 17.1. The maximum Gasteiger partial charge on any atom is 0.192 e. The second kappa shape index (κ2) is 6.70. The third-order valence-electron chi connectivity index (χ3n) is 4.31. The monoisotopic (exact) mass is 292 g/mol. The van der Waals surface area contributed by atoms with Gasteiger partial charge in [0.15, 0.2) is 8.32 Å². The molecular formula is C17H28O2Si. The highest BCUT2D eigenvalue weighted by Gasteiger charge is 2.37. The molecule has 0 aliphatic carbocycles. The average molecular weight is 292 g/mol. The molecule has 0 saturated carbocycles. The van der Waals surface area contributed by atoms with Crippen LogP contribution in [0.25, 0.3) is 0 Å². The first-order valence-corrected chi connectivity index (χ1v) is 10.1. The molecule has 1 N–H and O–H groups in total. The van der Waals surface area contributed by atoms with Crippen molar-refractivity contribution in [2.75, 3.05) is 13.2 Å². The van der Waals surface area contributed by atoms with Gasteiger partial charge in [0.05, 0.1) is 6.61 Å². The van der Waals surface area contributed by atoms with Crippen LogP contribution in [-0.2, 0) is 4.43 Å². The fraction of sp³-hybridized carbons (Fsp3) is 0.529. The Morgan fingerprint density at radius 1 is 1.25 bits per heavy atom. The van der Waals surface area contributed by atoms with Gasteiger partial charge in [0, 0.05) is 12.5 Å². The zero-order valence-corrected chi connectivity index (χ0v) is 14.4. The number of benzene rings is 1. The first-order chi connectivity index (χ1) is 9.19. The van der Waals surface area contributed by atoms with Crippen molar-refractivity contribution in [1.29, 1.82) is 0 Å². The standard InChI is InChI=1S/C17H28O2Si/c1-14(12-18)16(15-10-8-7-9-11-15)13-19-20(5,6)17(2,3)4/h7-11,16,18H,1,12-13H2,2-6H3/t16-/m1/s1. The fourth-order valence-electron chi connectivity index (χ4n) is 1.75. The summed E-state index contributed by atoms with van der Waals surface area (Å²) >= 11 is 0. The van der Waals surface area contributed by atoms with E-state index in [1.807, 2.05) is 18.2 Å². The smallest absolute Gasteiger partial charge is 0.192 e. The number of hydrogen-bond donors (Lipinski definition) is 1. The van der Waals surface area contributed by atoms with Crippen LogP contribution in [-0.4, -0.2) is 26.6 Å². The number of aliphatic hydroxyl groups is 1. The van der Waals surface area contributed by atoms with Gasteiger partial charge in [-0.1, -0.05) is 57.7 Å². The van der Waals surface area contributed by atoms with Crippen molar-refractivity contribution in [2.24, 2.45) is 0 Å². The summed E-state index contributed by atoms with van der Waals surface area (Å²) in [5.41, 5.74) is 1.97. The van der Waals surface area contributed by atoms with Gasteiger partial charge in [0.1, 0.15) is 0 Å². The highest BCUT2D eigenvalue weighted by molar-refractivity contribution is 6.74. The van der Waals surface area contributed by atoms with Gasteiger partial charge in [-0.25, -0.2) is 0 Å². The molecule has 0 spiro atoms. The quantitative estimate of drug-likeness (QED) is 0.624. The van der Waals surface area contributed by atoms with E-state index in [9.17, 15) is 5.11 Å². The van der Waals surface area contributed by atoms with Crippen molar-refractivity contribution in [1.82, 2.24) is 0 Å². The van der Waals surface area contributed by atoms with Crippen LogP contribution in [0.15, 0.2) is 42.5 Å². The molecule has 0 unspecified atom stereocenters. The van der Waals surface area contributed by atoms with Crippen LogP contribution in [0.4, 0.5) is 0 Å². The summed E-state index contributed by atoms with van der Waals surface area (Å²) in [6.45, 7) is 15.8. The SMILES string of the molecule is C=C(CO)[C@@H](CO[Si](C)(C)C(C)(C)C)c1ccccc1. The van der Waals surface area contributed by atoms with Gasteiger partial charge in [-0.2, -0.15) is 0 Å². The van der Waals surface area contributed by atoms with Gasteiger partial charge in [-0.15, -0.1) is 0 Å². The first-order valence-electron chi connectivity index (χ1n) is 7.16. The van der Waals surface area contributed by atoms with Crippen LogP contribution in [0.3, 0.4) is 0 Å². The molecule has 0 fully saturated rings. The molecule has 112 valence electrons. The number of rotatable bonds is 6. The molecule has 0 amide bonds. The topological polar surface area (TPSA) is 29.5 Å². The van der Waals surface area contributed by atoms with Crippen molar-refractivity contribution in [3.8, 4) is 0 Å². The van der Waals surface area contributed by atoms with E-state index in [1.54, 1.807) is 0 Å². The van der Waals surface area contributed by atoms with Crippen LogP contribution < -0.4 is 0 Å². The molecule has 1 aromatic rings. The molecular weight excluding hydrogens is 264 g/mol. The largest absolute Gasteiger partial charge is 0.416 e. The maximum atomic E-state index is 9.41. The molecule has 0 radical (unpaired) electrons. The van der Waals surface area contributed by atoms with Crippen LogP contribution >= 0.6 is 0 Å². The Hall–Kier alpha value is -0.903. The molecule has 2 nitrogen and oxygen atoms in total. The fourth-order valence-corrected chi connectivity index (χ4v) is 2.77. The lowest BCUT2D eigenvalue weighted by atomic mass is 9.93. The van der Waals surface area contributed by atoms with E-state index < -0.39 is 8.32 Å². The predicted octanol–water partition coefficient (Wildman–Crippen LogP) is 4.34. The second-order valence-corrected chi connectivity index (χ2v) is 11.7. The van der Waals surface area contributed by atoms with Crippen molar-refractivity contribution in [2.45, 2.75) is 44.8 Å². The lowest BCUT2D eigenvalue weighted by molar-refractivity contribution is 0.257. The lowest BCUT2D eigenvalue weighted by Crippen LogP contribution is -2.41. The molecule has 3 heteroatoms. The Bertz CT molecular complexity index is 432. The van der Waals surface area contributed by atoms with Gasteiger partial charge in [-0.3, -0.25) is 0 Å². The Morgan fingerprint density at radius 3 is 2.25 bits per heavy atom. The average Bonchev–Trinajstić information content (AvgIpc) is 2.38. The summed E-state index contributed by atoms with van der Waals surface area (Å²) in [6.07, 6.45) is 0. The molecule has 0 aliphatic heterocycles. The molecule has 0 aromatic heterocycles. The highest BCUT2D eigenvalue weighted by Crippen LogP contribution is 2.37. The highest BCUT2D eigenvalue weighted by atomic mass is 28.4. The van der Waals surface area contributed by atoms with E-state index in [-0.39, 0.29) is 17.6 Å². The minimum absolute atomic E-state index is 0.000420. The number of aliphatic hydroxyl groups excluding tert-OH is 1. The summed E-state index contributed by atoms with van der Waals surface area (Å²) in [6, 6.07) is 10.2. The Balaban J connectivity index is 2.86. The van der Waals surface area contributed by atoms with E-state index >= 15 is 0 Å². The molecule has 1 aromatic carbocycles. The van der Waals surface area contributed by atoms with Crippen molar-refractivity contribution in [3.63, 3.8) is 0 Å². The second-order valence-electron chi connectivity index (χ2n) is 6.85. The molecule has 0 saturated heterocycles. The van der Waals surface area contributed by atoms with Crippen LogP contribution in [0, 0.1) is 0 Å². The molecule has 20 heavy (non-hydrogen) atoms. The van der Waals surface area contributed by atoms with Crippen LogP contribution in [0.1, 0.15) is 32.3 Å². The summed E-state index contributed by atoms with van der Waals surface area (Å²) < 4.78 is 6.30. The third kappa shape index (κ3) is 4.30. The van der Waals surface area contributed by atoms with Gasteiger partial charge < -0.3 is 9.53 Å². The molecule has 1 atom stereocenters. The van der Waals surface area contributed by atoms with E-state index in [1.165, 1.54) is 0 Å².